The summed E-state index contributed by atoms with van der Waals surface area (Å²) in [5.74, 6) is 0.0991. The van der Waals surface area contributed by atoms with Gasteiger partial charge >= 0.3 is 0 Å². The Morgan fingerprint density at radius 3 is 2.75 bits per heavy atom. The van der Waals surface area contributed by atoms with Crippen LogP contribution < -0.4 is 10.6 Å². The summed E-state index contributed by atoms with van der Waals surface area (Å²) < 4.78 is 11.0. The molecule has 1 aliphatic heterocycles. The average molecular weight is 284 g/mol. The Morgan fingerprint density at radius 2 is 2.15 bits per heavy atom. The van der Waals surface area contributed by atoms with Crippen LogP contribution in [-0.2, 0) is 14.3 Å². The van der Waals surface area contributed by atoms with Crippen molar-refractivity contribution >= 4 is 5.91 Å². The molecule has 0 aromatic rings. The van der Waals surface area contributed by atoms with Crippen LogP contribution in [0.5, 0.6) is 0 Å². The summed E-state index contributed by atoms with van der Waals surface area (Å²) in [5, 5.41) is 6.44. The molecule has 5 nitrogen and oxygen atoms in total. The Labute approximate surface area is 121 Å². The summed E-state index contributed by atoms with van der Waals surface area (Å²) in [7, 11) is 1.71. The van der Waals surface area contributed by atoms with Gasteiger partial charge < -0.3 is 20.1 Å². The Hall–Kier alpha value is -0.650. The van der Waals surface area contributed by atoms with E-state index in [0.717, 1.165) is 25.9 Å². The molecule has 1 amide bonds. The van der Waals surface area contributed by atoms with Gasteiger partial charge in [0.2, 0.25) is 5.91 Å². The molecule has 1 saturated heterocycles. The second kappa shape index (κ2) is 7.38. The van der Waals surface area contributed by atoms with E-state index in [1.54, 1.807) is 7.11 Å². The van der Waals surface area contributed by atoms with Crippen LogP contribution in [0.3, 0.4) is 0 Å². The summed E-state index contributed by atoms with van der Waals surface area (Å²) in [4.78, 5) is 12.2. The fraction of sp³-hybridized carbons (Fsp3) is 0.933. The second-order valence-electron chi connectivity index (χ2n) is 6.14. The highest BCUT2D eigenvalue weighted by Crippen LogP contribution is 2.21. The van der Waals surface area contributed by atoms with Crippen LogP contribution in [0.1, 0.15) is 45.4 Å². The summed E-state index contributed by atoms with van der Waals surface area (Å²) in [6.45, 7) is 3.91. The largest absolute Gasteiger partial charge is 0.378 e. The van der Waals surface area contributed by atoms with Gasteiger partial charge in [0, 0.05) is 32.7 Å². The molecule has 2 unspecified atom stereocenters. The standard InChI is InChI=1S/C15H28N2O3/c1-12(14(18)17-13-6-4-3-5-7-13)16-10-15(19-2)8-9-20-11-15/h12-13,16H,3-11H2,1-2H3,(H,17,18). The third kappa shape index (κ3) is 4.17. The zero-order valence-electron chi connectivity index (χ0n) is 12.7. The highest BCUT2D eigenvalue weighted by Gasteiger charge is 2.35. The molecule has 0 aromatic carbocycles. The van der Waals surface area contributed by atoms with Crippen molar-refractivity contribution in [2.24, 2.45) is 0 Å². The average Bonchev–Trinajstić information content (AvgIpc) is 2.95. The first-order chi connectivity index (χ1) is 9.65. The molecular formula is C15H28N2O3. The molecule has 0 bridgehead atoms. The molecule has 20 heavy (non-hydrogen) atoms. The van der Waals surface area contributed by atoms with E-state index in [1.807, 2.05) is 6.92 Å². The fourth-order valence-corrected chi connectivity index (χ4v) is 2.97. The van der Waals surface area contributed by atoms with Gasteiger partial charge in [-0.15, -0.1) is 0 Å². The maximum atomic E-state index is 12.2. The first-order valence-electron chi connectivity index (χ1n) is 7.82. The van der Waals surface area contributed by atoms with Crippen LogP contribution in [-0.4, -0.2) is 50.5 Å². The minimum Gasteiger partial charge on any atom is -0.378 e. The van der Waals surface area contributed by atoms with Gasteiger partial charge in [0.15, 0.2) is 0 Å². The fourth-order valence-electron chi connectivity index (χ4n) is 2.97. The number of methoxy groups -OCH3 is 1. The van der Waals surface area contributed by atoms with Crippen molar-refractivity contribution in [3.05, 3.63) is 0 Å². The lowest BCUT2D eigenvalue weighted by atomic mass is 9.95. The molecule has 2 aliphatic rings. The van der Waals surface area contributed by atoms with Crippen molar-refractivity contribution in [3.63, 3.8) is 0 Å². The maximum Gasteiger partial charge on any atom is 0.237 e. The normalized spacial score (nSPS) is 29.3. The van der Waals surface area contributed by atoms with Crippen molar-refractivity contribution < 1.29 is 14.3 Å². The molecule has 5 heteroatoms. The molecule has 0 spiro atoms. The molecular weight excluding hydrogens is 256 g/mol. The van der Waals surface area contributed by atoms with Crippen LogP contribution in [0.4, 0.5) is 0 Å². The lowest BCUT2D eigenvalue weighted by molar-refractivity contribution is -0.124. The number of nitrogens with one attached hydrogen (secondary N) is 2. The lowest BCUT2D eigenvalue weighted by Crippen LogP contribution is -2.52. The SMILES string of the molecule is COC1(CNC(C)C(=O)NC2CCCCC2)CCOC1. The first-order valence-corrected chi connectivity index (χ1v) is 7.82. The number of hydrogen-bond acceptors (Lipinski definition) is 4. The van der Waals surface area contributed by atoms with Gasteiger partial charge in [-0.2, -0.15) is 0 Å². The van der Waals surface area contributed by atoms with E-state index >= 15 is 0 Å². The van der Waals surface area contributed by atoms with E-state index < -0.39 is 0 Å². The van der Waals surface area contributed by atoms with Gasteiger partial charge in [-0.25, -0.2) is 0 Å². The molecule has 2 N–H and O–H groups in total. The molecule has 1 saturated carbocycles. The van der Waals surface area contributed by atoms with E-state index in [9.17, 15) is 4.79 Å². The van der Waals surface area contributed by atoms with Crippen molar-refractivity contribution in [2.75, 3.05) is 26.9 Å². The number of carbonyl (C=O) groups is 1. The molecule has 2 rings (SSSR count). The van der Waals surface area contributed by atoms with Gasteiger partial charge in [0.25, 0.3) is 0 Å². The van der Waals surface area contributed by atoms with Crippen molar-refractivity contribution in [2.45, 2.75) is 63.1 Å². The van der Waals surface area contributed by atoms with Gasteiger partial charge in [0.1, 0.15) is 5.60 Å². The van der Waals surface area contributed by atoms with Gasteiger partial charge in [-0.05, 0) is 19.8 Å². The molecule has 0 radical (unpaired) electrons. The van der Waals surface area contributed by atoms with Crippen molar-refractivity contribution in [3.8, 4) is 0 Å². The van der Waals surface area contributed by atoms with Crippen molar-refractivity contribution in [1.82, 2.24) is 10.6 Å². The molecule has 2 fully saturated rings. The molecule has 2 atom stereocenters. The second-order valence-corrected chi connectivity index (χ2v) is 6.14. The van der Waals surface area contributed by atoms with E-state index in [-0.39, 0.29) is 17.6 Å². The lowest BCUT2D eigenvalue weighted by Gasteiger charge is -2.29. The predicted molar refractivity (Wildman–Crippen MR) is 77.7 cm³/mol. The predicted octanol–water partition coefficient (Wildman–Crippen LogP) is 1.22. The third-order valence-corrected chi connectivity index (χ3v) is 4.58. The number of ether oxygens (including phenoxy) is 2. The van der Waals surface area contributed by atoms with E-state index in [2.05, 4.69) is 10.6 Å². The van der Waals surface area contributed by atoms with E-state index in [4.69, 9.17) is 9.47 Å². The summed E-state index contributed by atoms with van der Waals surface area (Å²) in [6.07, 6.45) is 6.89. The minimum absolute atomic E-state index is 0.0991. The summed E-state index contributed by atoms with van der Waals surface area (Å²) in [6, 6.07) is 0.177. The third-order valence-electron chi connectivity index (χ3n) is 4.58. The smallest absolute Gasteiger partial charge is 0.237 e. The number of rotatable bonds is 6. The highest BCUT2D eigenvalue weighted by molar-refractivity contribution is 5.81. The zero-order valence-corrected chi connectivity index (χ0v) is 12.7. The minimum atomic E-state index is -0.265. The Bertz CT molecular complexity index is 310. The van der Waals surface area contributed by atoms with Crippen LogP contribution >= 0.6 is 0 Å². The summed E-state index contributed by atoms with van der Waals surface area (Å²) in [5.41, 5.74) is -0.265. The van der Waals surface area contributed by atoms with Crippen LogP contribution in [0.15, 0.2) is 0 Å². The zero-order chi connectivity index (χ0) is 14.4. The van der Waals surface area contributed by atoms with Gasteiger partial charge in [0.05, 0.1) is 12.6 Å². The quantitative estimate of drug-likeness (QED) is 0.770. The number of hydrogen-bond donors (Lipinski definition) is 2. The number of amides is 1. The van der Waals surface area contributed by atoms with E-state index in [1.165, 1.54) is 19.3 Å². The topological polar surface area (TPSA) is 59.6 Å². The van der Waals surface area contributed by atoms with Crippen molar-refractivity contribution in [1.29, 1.82) is 0 Å². The van der Waals surface area contributed by atoms with Crippen LogP contribution in [0.25, 0.3) is 0 Å². The summed E-state index contributed by atoms with van der Waals surface area (Å²) >= 11 is 0. The maximum absolute atomic E-state index is 12.2. The molecule has 1 aliphatic carbocycles. The van der Waals surface area contributed by atoms with E-state index in [0.29, 0.717) is 19.2 Å². The molecule has 0 aromatic heterocycles. The van der Waals surface area contributed by atoms with Gasteiger partial charge in [-0.1, -0.05) is 19.3 Å². The Balaban J connectivity index is 1.72. The first kappa shape index (κ1) is 15.7. The Kier molecular flexibility index (Phi) is 5.81. The molecule has 116 valence electrons. The number of carbonyl (C=O) groups excluding carboxylic acids is 1. The monoisotopic (exact) mass is 284 g/mol. The molecule has 1 heterocycles. The van der Waals surface area contributed by atoms with Crippen LogP contribution in [0, 0.1) is 0 Å². The van der Waals surface area contributed by atoms with Crippen LogP contribution in [0.2, 0.25) is 0 Å². The highest BCUT2D eigenvalue weighted by atomic mass is 16.5. The Morgan fingerprint density at radius 1 is 1.40 bits per heavy atom. The van der Waals surface area contributed by atoms with Gasteiger partial charge in [-0.3, -0.25) is 4.79 Å².